The smallest absolute Gasteiger partial charge is 0.233 e. The number of nitrogens with zero attached hydrogens (tertiary/aromatic N) is 2. The van der Waals surface area contributed by atoms with Crippen LogP contribution in [0.15, 0.2) is 0 Å². The third kappa shape index (κ3) is 5.44. The van der Waals surface area contributed by atoms with Gasteiger partial charge in [-0.15, -0.1) is 0 Å². The molecule has 1 saturated heterocycles. The van der Waals surface area contributed by atoms with Gasteiger partial charge in [0, 0.05) is 32.7 Å². The predicted molar refractivity (Wildman–Crippen MR) is 65.2 cm³/mol. The number of likely N-dealkylation sites (N-methyl/N-ethyl adjacent to an activating group) is 1. The lowest BCUT2D eigenvalue weighted by molar-refractivity contribution is -0.119. The number of piperazine rings is 1. The lowest BCUT2D eigenvalue weighted by Gasteiger charge is -2.32. The van der Waals surface area contributed by atoms with Gasteiger partial charge in [-0.2, -0.15) is 0 Å². The number of rotatable bonds is 6. The maximum Gasteiger partial charge on any atom is 0.233 e. The summed E-state index contributed by atoms with van der Waals surface area (Å²) in [6, 6.07) is 0. The van der Waals surface area contributed by atoms with Crippen molar-refractivity contribution in [2.75, 3.05) is 52.9 Å². The Hall–Kier alpha value is -0.650. The third-order valence-electron chi connectivity index (χ3n) is 3.00. The van der Waals surface area contributed by atoms with Gasteiger partial charge in [0.15, 0.2) is 0 Å². The van der Waals surface area contributed by atoms with Crippen LogP contribution in [0.4, 0.5) is 0 Å². The van der Waals surface area contributed by atoms with Crippen LogP contribution in [0.25, 0.3) is 0 Å². The summed E-state index contributed by atoms with van der Waals surface area (Å²) < 4.78 is 0. The molecule has 1 heterocycles. The zero-order valence-electron chi connectivity index (χ0n) is 10.2. The first-order valence-corrected chi connectivity index (χ1v) is 6.10. The van der Waals surface area contributed by atoms with Crippen LogP contribution in [-0.4, -0.2) is 68.6 Å². The second-order valence-corrected chi connectivity index (χ2v) is 4.41. The first kappa shape index (κ1) is 13.4. The van der Waals surface area contributed by atoms with Crippen LogP contribution < -0.4 is 11.1 Å². The van der Waals surface area contributed by atoms with Crippen LogP contribution >= 0.6 is 0 Å². The molecule has 0 aliphatic carbocycles. The van der Waals surface area contributed by atoms with Gasteiger partial charge in [-0.1, -0.05) is 0 Å². The van der Waals surface area contributed by atoms with E-state index in [9.17, 15) is 4.79 Å². The van der Waals surface area contributed by atoms with Crippen molar-refractivity contribution in [3.05, 3.63) is 0 Å². The van der Waals surface area contributed by atoms with E-state index < -0.39 is 0 Å². The van der Waals surface area contributed by atoms with E-state index in [2.05, 4.69) is 22.2 Å². The molecule has 0 radical (unpaired) electrons. The monoisotopic (exact) mass is 228 g/mol. The van der Waals surface area contributed by atoms with Crippen molar-refractivity contribution >= 4 is 5.91 Å². The quantitative estimate of drug-likeness (QED) is 0.578. The van der Waals surface area contributed by atoms with Gasteiger partial charge in [0.2, 0.25) is 5.91 Å². The normalized spacial score (nSPS) is 18.6. The van der Waals surface area contributed by atoms with Gasteiger partial charge in [0.05, 0.1) is 6.54 Å². The van der Waals surface area contributed by atoms with Crippen molar-refractivity contribution in [3.8, 4) is 0 Å². The summed E-state index contributed by atoms with van der Waals surface area (Å²) in [5.74, 6) is -0.0559. The van der Waals surface area contributed by atoms with Crippen molar-refractivity contribution in [3.63, 3.8) is 0 Å². The summed E-state index contributed by atoms with van der Waals surface area (Å²) in [5, 5.41) is 2.79. The maximum absolute atomic E-state index is 10.9. The van der Waals surface area contributed by atoms with Crippen LogP contribution in [0, 0.1) is 0 Å². The SMILES string of the molecule is CN1CCN(CCCCNC(=O)CN)CC1. The molecule has 5 heteroatoms. The van der Waals surface area contributed by atoms with Crippen LogP contribution in [0.5, 0.6) is 0 Å². The van der Waals surface area contributed by atoms with E-state index in [-0.39, 0.29) is 12.5 Å². The molecule has 1 rings (SSSR count). The molecule has 1 amide bonds. The number of nitrogens with one attached hydrogen (secondary N) is 1. The highest BCUT2D eigenvalue weighted by molar-refractivity contribution is 5.77. The molecule has 0 aromatic rings. The molecule has 3 N–H and O–H groups in total. The van der Waals surface area contributed by atoms with Crippen LogP contribution in [-0.2, 0) is 4.79 Å². The van der Waals surface area contributed by atoms with E-state index in [4.69, 9.17) is 5.73 Å². The van der Waals surface area contributed by atoms with Crippen LogP contribution in [0.1, 0.15) is 12.8 Å². The fourth-order valence-corrected chi connectivity index (χ4v) is 1.83. The molecule has 1 fully saturated rings. The molecule has 0 unspecified atom stereocenters. The predicted octanol–water partition coefficient (Wildman–Crippen LogP) is -0.911. The number of hydrogen-bond donors (Lipinski definition) is 2. The Kier molecular flexibility index (Phi) is 6.37. The van der Waals surface area contributed by atoms with Crippen molar-refractivity contribution in [1.29, 1.82) is 0 Å². The van der Waals surface area contributed by atoms with Crippen LogP contribution in [0.2, 0.25) is 0 Å². The lowest BCUT2D eigenvalue weighted by Crippen LogP contribution is -2.44. The van der Waals surface area contributed by atoms with Gasteiger partial charge in [-0.3, -0.25) is 4.79 Å². The largest absolute Gasteiger partial charge is 0.355 e. The van der Waals surface area contributed by atoms with Crippen molar-refractivity contribution < 1.29 is 4.79 Å². The number of unbranched alkanes of at least 4 members (excludes halogenated alkanes) is 1. The topological polar surface area (TPSA) is 61.6 Å². The van der Waals surface area contributed by atoms with Gasteiger partial charge in [-0.25, -0.2) is 0 Å². The molecule has 0 bridgehead atoms. The van der Waals surface area contributed by atoms with Gasteiger partial charge >= 0.3 is 0 Å². The van der Waals surface area contributed by atoms with E-state index in [0.29, 0.717) is 0 Å². The van der Waals surface area contributed by atoms with E-state index in [0.717, 1.165) is 25.9 Å². The molecule has 16 heavy (non-hydrogen) atoms. The highest BCUT2D eigenvalue weighted by Gasteiger charge is 2.12. The Bertz CT molecular complexity index is 202. The Morgan fingerprint density at radius 3 is 2.56 bits per heavy atom. The molecule has 0 spiro atoms. The zero-order chi connectivity index (χ0) is 11.8. The Balaban J connectivity index is 1.93. The van der Waals surface area contributed by atoms with E-state index >= 15 is 0 Å². The minimum absolute atomic E-state index is 0.0559. The molecule has 0 atom stereocenters. The van der Waals surface area contributed by atoms with Crippen molar-refractivity contribution in [2.45, 2.75) is 12.8 Å². The summed E-state index contributed by atoms with van der Waals surface area (Å²) in [7, 11) is 2.17. The second kappa shape index (κ2) is 7.60. The minimum Gasteiger partial charge on any atom is -0.355 e. The number of nitrogens with two attached hydrogens (primary N) is 1. The Morgan fingerprint density at radius 2 is 1.94 bits per heavy atom. The van der Waals surface area contributed by atoms with Crippen molar-refractivity contribution in [2.24, 2.45) is 5.73 Å². The summed E-state index contributed by atoms with van der Waals surface area (Å²) >= 11 is 0. The summed E-state index contributed by atoms with van der Waals surface area (Å²) in [6.45, 7) is 6.68. The molecule has 5 nitrogen and oxygen atoms in total. The first-order valence-electron chi connectivity index (χ1n) is 6.10. The average Bonchev–Trinajstić information content (AvgIpc) is 2.31. The molecule has 94 valence electrons. The highest BCUT2D eigenvalue weighted by Crippen LogP contribution is 2.01. The molecule has 1 aliphatic heterocycles. The number of hydrogen-bond acceptors (Lipinski definition) is 4. The summed E-state index contributed by atoms with van der Waals surface area (Å²) in [6.07, 6.45) is 2.19. The van der Waals surface area contributed by atoms with Crippen molar-refractivity contribution in [1.82, 2.24) is 15.1 Å². The molecule has 0 aromatic heterocycles. The second-order valence-electron chi connectivity index (χ2n) is 4.41. The van der Waals surface area contributed by atoms with Crippen LogP contribution in [0.3, 0.4) is 0 Å². The summed E-state index contributed by atoms with van der Waals surface area (Å²) in [5.41, 5.74) is 5.19. The maximum atomic E-state index is 10.9. The number of amides is 1. The van der Waals surface area contributed by atoms with Gasteiger partial charge < -0.3 is 20.9 Å². The summed E-state index contributed by atoms with van der Waals surface area (Å²) in [4.78, 5) is 15.7. The molecule has 1 aliphatic rings. The number of carbonyl (C=O) groups excluding carboxylic acids is 1. The van der Waals surface area contributed by atoms with E-state index in [1.54, 1.807) is 0 Å². The first-order chi connectivity index (χ1) is 7.72. The molecular formula is C11H24N4O. The lowest BCUT2D eigenvalue weighted by atomic mass is 10.2. The average molecular weight is 228 g/mol. The molecule has 0 saturated carbocycles. The fraction of sp³-hybridized carbons (Fsp3) is 0.909. The third-order valence-corrected chi connectivity index (χ3v) is 3.00. The molecule has 0 aromatic carbocycles. The van der Waals surface area contributed by atoms with Gasteiger partial charge in [-0.05, 0) is 26.4 Å². The highest BCUT2D eigenvalue weighted by atomic mass is 16.1. The Labute approximate surface area is 98.0 Å². The number of carbonyl (C=O) groups is 1. The fourth-order valence-electron chi connectivity index (χ4n) is 1.83. The standard InChI is InChI=1S/C11H24N4O/c1-14-6-8-15(9-7-14)5-3-2-4-13-11(16)10-12/h2-10,12H2,1H3,(H,13,16). The van der Waals surface area contributed by atoms with Gasteiger partial charge in [0.1, 0.15) is 0 Å². The molecular weight excluding hydrogens is 204 g/mol. The minimum atomic E-state index is -0.0559. The van der Waals surface area contributed by atoms with E-state index in [1.807, 2.05) is 0 Å². The zero-order valence-corrected chi connectivity index (χ0v) is 10.2. The Morgan fingerprint density at radius 1 is 1.25 bits per heavy atom. The van der Waals surface area contributed by atoms with Gasteiger partial charge in [0.25, 0.3) is 0 Å². The van der Waals surface area contributed by atoms with E-state index in [1.165, 1.54) is 26.2 Å².